The minimum Gasteiger partial charge on any atom is -0.303 e. The highest BCUT2D eigenvalue weighted by Gasteiger charge is 2.41. The van der Waals surface area contributed by atoms with E-state index in [1.807, 2.05) is 0 Å². The van der Waals surface area contributed by atoms with Gasteiger partial charge in [0.15, 0.2) is 0 Å². The first-order valence-corrected chi connectivity index (χ1v) is 12.6. The molecule has 25 heavy (non-hydrogen) atoms. The zero-order valence-electron chi connectivity index (χ0n) is 15.4. The smallest absolute Gasteiger partial charge is 0.118 e. The van der Waals surface area contributed by atoms with Gasteiger partial charge in [0.2, 0.25) is 0 Å². The van der Waals surface area contributed by atoms with Crippen molar-refractivity contribution in [3.8, 4) is 0 Å². The Balaban J connectivity index is 1.61. The number of piperidine rings is 1. The Morgan fingerprint density at radius 2 is 1.36 bits per heavy atom. The van der Waals surface area contributed by atoms with Crippen LogP contribution in [0.5, 0.6) is 0 Å². The molecule has 0 radical (unpaired) electrons. The summed E-state index contributed by atoms with van der Waals surface area (Å²) in [6.07, 6.45) is 7.10. The highest BCUT2D eigenvalue weighted by molar-refractivity contribution is 7.02. The summed E-state index contributed by atoms with van der Waals surface area (Å²) in [6, 6.07) is 25.9. The lowest BCUT2D eigenvalue weighted by atomic mass is 10.0. The molecule has 4 rings (SSSR count). The maximum atomic E-state index is 2.76. The average molecular weight is 350 g/mol. The van der Waals surface area contributed by atoms with Gasteiger partial charge in [0, 0.05) is 6.54 Å². The molecule has 0 unspecified atom stereocenters. The number of benzene rings is 2. The summed E-state index contributed by atoms with van der Waals surface area (Å²) in [7, 11) is -1.61. The number of nitrogens with zero attached hydrogens (tertiary/aromatic N) is 1. The first-order chi connectivity index (χ1) is 12.4. The molecule has 0 saturated carbocycles. The van der Waals surface area contributed by atoms with Crippen molar-refractivity contribution in [1.82, 2.24) is 4.90 Å². The molecule has 2 aliphatic heterocycles. The van der Waals surface area contributed by atoms with Gasteiger partial charge in [-0.3, -0.25) is 0 Å². The molecule has 132 valence electrons. The van der Waals surface area contributed by atoms with Crippen LogP contribution in [-0.4, -0.2) is 32.6 Å². The van der Waals surface area contributed by atoms with Crippen LogP contribution in [0.3, 0.4) is 0 Å². The van der Waals surface area contributed by atoms with Crippen LogP contribution in [0.15, 0.2) is 60.7 Å². The van der Waals surface area contributed by atoms with Crippen molar-refractivity contribution in [2.24, 2.45) is 5.92 Å². The van der Waals surface area contributed by atoms with Crippen LogP contribution in [0.2, 0.25) is 12.1 Å². The summed E-state index contributed by atoms with van der Waals surface area (Å²) < 4.78 is 0. The summed E-state index contributed by atoms with van der Waals surface area (Å²) >= 11 is 0. The van der Waals surface area contributed by atoms with Crippen LogP contribution in [0.25, 0.3) is 0 Å². The predicted octanol–water partition coefficient (Wildman–Crippen LogP) is 4.15. The van der Waals surface area contributed by atoms with Crippen LogP contribution in [0, 0.1) is 5.92 Å². The third-order valence-electron chi connectivity index (χ3n) is 6.47. The van der Waals surface area contributed by atoms with Crippen LogP contribution in [-0.2, 0) is 0 Å². The normalized spacial score (nSPS) is 24.1. The Hall–Kier alpha value is -1.38. The van der Waals surface area contributed by atoms with Crippen molar-refractivity contribution in [2.75, 3.05) is 19.6 Å². The van der Waals surface area contributed by atoms with Crippen LogP contribution in [0.1, 0.15) is 32.1 Å². The lowest BCUT2D eigenvalue weighted by molar-refractivity contribution is 0.194. The quantitative estimate of drug-likeness (QED) is 0.750. The largest absolute Gasteiger partial charge is 0.303 e. The molecule has 2 heterocycles. The summed E-state index contributed by atoms with van der Waals surface area (Å²) in [5.41, 5.74) is 0. The standard InChI is InChI=1S/C23H31NSi/c1-4-12-22(13-5-1)25(23-14-6-2-7-15-23)18-10-11-21(20-25)19-24-16-8-3-9-17-24/h1-2,4-7,12-15,21H,3,8-11,16-20H2/t21-/m0/s1. The van der Waals surface area contributed by atoms with Crippen molar-refractivity contribution < 1.29 is 0 Å². The number of rotatable bonds is 4. The van der Waals surface area contributed by atoms with Crippen molar-refractivity contribution in [2.45, 2.75) is 44.2 Å². The van der Waals surface area contributed by atoms with E-state index in [-0.39, 0.29) is 0 Å². The molecule has 2 aliphatic rings. The highest BCUT2D eigenvalue weighted by atomic mass is 28.3. The van der Waals surface area contributed by atoms with Gasteiger partial charge in [0.25, 0.3) is 0 Å². The van der Waals surface area contributed by atoms with Crippen molar-refractivity contribution in [3.05, 3.63) is 60.7 Å². The van der Waals surface area contributed by atoms with E-state index < -0.39 is 8.07 Å². The molecule has 2 fully saturated rings. The minimum atomic E-state index is -1.61. The van der Waals surface area contributed by atoms with Gasteiger partial charge in [-0.25, -0.2) is 0 Å². The molecule has 2 heteroatoms. The topological polar surface area (TPSA) is 3.24 Å². The lowest BCUT2D eigenvalue weighted by Crippen LogP contribution is -2.61. The molecule has 2 aromatic carbocycles. The van der Waals surface area contributed by atoms with E-state index in [0.717, 1.165) is 5.92 Å². The van der Waals surface area contributed by atoms with E-state index in [1.165, 1.54) is 63.8 Å². The second-order valence-corrected chi connectivity index (χ2v) is 12.4. The third-order valence-corrected chi connectivity index (χ3v) is 11.8. The summed E-state index contributed by atoms with van der Waals surface area (Å²) in [5, 5.41) is 3.31. The Morgan fingerprint density at radius 3 is 1.96 bits per heavy atom. The molecule has 0 amide bonds. The van der Waals surface area contributed by atoms with Gasteiger partial charge >= 0.3 is 0 Å². The van der Waals surface area contributed by atoms with Gasteiger partial charge in [-0.15, -0.1) is 0 Å². The monoisotopic (exact) mass is 349 g/mol. The Bertz CT molecular complexity index is 609. The van der Waals surface area contributed by atoms with E-state index in [0.29, 0.717) is 0 Å². The molecule has 2 aromatic rings. The van der Waals surface area contributed by atoms with E-state index in [2.05, 4.69) is 65.6 Å². The van der Waals surface area contributed by atoms with Crippen LogP contribution < -0.4 is 10.4 Å². The SMILES string of the molecule is c1ccc([Si]2(c3ccccc3)CCC[C@@H](CN3CCCCC3)C2)cc1. The van der Waals surface area contributed by atoms with E-state index >= 15 is 0 Å². The van der Waals surface area contributed by atoms with Crippen molar-refractivity contribution in [3.63, 3.8) is 0 Å². The third kappa shape index (κ3) is 3.75. The zero-order valence-corrected chi connectivity index (χ0v) is 16.4. The van der Waals surface area contributed by atoms with Gasteiger partial charge in [0.1, 0.15) is 8.07 Å². The molecule has 0 N–H and O–H groups in total. The predicted molar refractivity (Wildman–Crippen MR) is 111 cm³/mol. The van der Waals surface area contributed by atoms with Gasteiger partial charge in [-0.1, -0.05) is 83.9 Å². The van der Waals surface area contributed by atoms with Gasteiger partial charge in [0.05, 0.1) is 0 Å². The first kappa shape index (κ1) is 17.1. The molecule has 0 aromatic heterocycles. The second-order valence-electron chi connectivity index (χ2n) is 8.14. The minimum absolute atomic E-state index is 0.888. The van der Waals surface area contributed by atoms with Crippen molar-refractivity contribution in [1.29, 1.82) is 0 Å². The molecule has 0 bridgehead atoms. The first-order valence-electron chi connectivity index (χ1n) is 10.2. The maximum absolute atomic E-state index is 2.76. The van der Waals surface area contributed by atoms with Gasteiger partial charge in [-0.2, -0.15) is 0 Å². The van der Waals surface area contributed by atoms with Crippen molar-refractivity contribution >= 4 is 18.4 Å². The van der Waals surface area contributed by atoms with Crippen LogP contribution >= 0.6 is 0 Å². The fraction of sp³-hybridized carbons (Fsp3) is 0.478. The summed E-state index contributed by atoms with van der Waals surface area (Å²) in [6.45, 7) is 4.01. The molecular formula is C23H31NSi. The van der Waals surface area contributed by atoms with Gasteiger partial charge < -0.3 is 4.90 Å². The molecular weight excluding hydrogens is 318 g/mol. The Kier molecular flexibility index (Phi) is 5.38. The molecule has 2 saturated heterocycles. The fourth-order valence-electron chi connectivity index (χ4n) is 5.26. The summed E-state index contributed by atoms with van der Waals surface area (Å²) in [5.74, 6) is 0.888. The molecule has 0 aliphatic carbocycles. The molecule has 1 nitrogen and oxygen atoms in total. The molecule has 0 spiro atoms. The van der Waals surface area contributed by atoms with E-state index in [4.69, 9.17) is 0 Å². The van der Waals surface area contributed by atoms with Gasteiger partial charge in [-0.05, 0) is 50.4 Å². The Labute approximate surface area is 154 Å². The average Bonchev–Trinajstić information content (AvgIpc) is 2.70. The van der Waals surface area contributed by atoms with E-state index in [9.17, 15) is 0 Å². The Morgan fingerprint density at radius 1 is 0.760 bits per heavy atom. The maximum Gasteiger partial charge on any atom is 0.118 e. The second kappa shape index (κ2) is 7.88. The number of likely N-dealkylation sites (tertiary alicyclic amines) is 1. The highest BCUT2D eigenvalue weighted by Crippen LogP contribution is 2.33. The lowest BCUT2D eigenvalue weighted by Gasteiger charge is -2.42. The number of hydrogen-bond acceptors (Lipinski definition) is 1. The fourth-order valence-corrected chi connectivity index (χ4v) is 10.6. The zero-order chi connectivity index (χ0) is 17.0. The summed E-state index contributed by atoms with van der Waals surface area (Å²) in [4.78, 5) is 2.76. The number of hydrogen-bond donors (Lipinski definition) is 0. The molecule has 1 atom stereocenters. The van der Waals surface area contributed by atoms with Crippen LogP contribution in [0.4, 0.5) is 0 Å². The van der Waals surface area contributed by atoms with E-state index in [1.54, 1.807) is 10.4 Å².